The van der Waals surface area contributed by atoms with Crippen molar-refractivity contribution in [1.82, 2.24) is 5.32 Å². The average molecular weight is 393 g/mol. The molecule has 2 aromatic carbocycles. The van der Waals surface area contributed by atoms with Gasteiger partial charge in [0.2, 0.25) is 0 Å². The van der Waals surface area contributed by atoms with Gasteiger partial charge >= 0.3 is 0 Å². The van der Waals surface area contributed by atoms with Gasteiger partial charge in [0.05, 0.1) is 18.8 Å². The Morgan fingerprint density at radius 3 is 2.76 bits per heavy atom. The molecule has 3 heteroatoms. The largest absolute Gasteiger partial charge is 0.372 e. The Bertz CT molecular complexity index is 572. The fourth-order valence-corrected chi connectivity index (χ4v) is 3.47. The van der Waals surface area contributed by atoms with E-state index in [0.29, 0.717) is 12.6 Å². The van der Waals surface area contributed by atoms with Gasteiger partial charge in [-0.25, -0.2) is 0 Å². The number of ether oxygens (including phenoxy) is 1. The zero-order valence-corrected chi connectivity index (χ0v) is 14.1. The van der Waals surface area contributed by atoms with Gasteiger partial charge in [-0.3, -0.25) is 0 Å². The number of benzene rings is 2. The lowest BCUT2D eigenvalue weighted by Crippen LogP contribution is -2.39. The topological polar surface area (TPSA) is 21.3 Å². The summed E-state index contributed by atoms with van der Waals surface area (Å²) in [6.07, 6.45) is 2.55. The Balaban J connectivity index is 1.67. The highest BCUT2D eigenvalue weighted by molar-refractivity contribution is 14.1. The molecule has 1 fully saturated rings. The van der Waals surface area contributed by atoms with Crippen LogP contribution in [-0.2, 0) is 11.3 Å². The predicted octanol–water partition coefficient (Wildman–Crippen LogP) is 4.30. The van der Waals surface area contributed by atoms with E-state index in [4.69, 9.17) is 4.74 Å². The van der Waals surface area contributed by atoms with Gasteiger partial charge in [0.15, 0.2) is 0 Å². The minimum atomic E-state index is 0.249. The first-order chi connectivity index (χ1) is 10.3. The Hall–Kier alpha value is -0.910. The summed E-state index contributed by atoms with van der Waals surface area (Å²) in [5.41, 5.74) is 2.57. The molecule has 0 spiro atoms. The third-order valence-corrected chi connectivity index (χ3v) is 4.58. The van der Waals surface area contributed by atoms with Gasteiger partial charge in [-0.15, -0.1) is 0 Å². The molecule has 1 heterocycles. The quantitative estimate of drug-likeness (QED) is 0.783. The summed E-state index contributed by atoms with van der Waals surface area (Å²) in [4.78, 5) is 0. The van der Waals surface area contributed by atoms with Crippen LogP contribution in [0.1, 0.15) is 30.0 Å². The lowest BCUT2D eigenvalue weighted by atomic mass is 9.94. The maximum Gasteiger partial charge on any atom is 0.0774 e. The predicted molar refractivity (Wildman–Crippen MR) is 94.2 cm³/mol. The van der Waals surface area contributed by atoms with E-state index in [0.717, 1.165) is 13.0 Å². The highest BCUT2D eigenvalue weighted by atomic mass is 127. The van der Waals surface area contributed by atoms with E-state index in [2.05, 4.69) is 82.5 Å². The van der Waals surface area contributed by atoms with Crippen LogP contribution < -0.4 is 5.32 Å². The normalized spacial score (nSPS) is 22.1. The Morgan fingerprint density at radius 2 is 1.95 bits per heavy atom. The number of halogens is 1. The van der Waals surface area contributed by atoms with Crippen LogP contribution in [0, 0.1) is 3.57 Å². The molecule has 1 N–H and O–H groups in total. The Labute approximate surface area is 140 Å². The molecule has 0 bridgehead atoms. The van der Waals surface area contributed by atoms with Crippen molar-refractivity contribution in [2.24, 2.45) is 0 Å². The smallest absolute Gasteiger partial charge is 0.0774 e. The van der Waals surface area contributed by atoms with E-state index in [9.17, 15) is 0 Å². The number of piperidine rings is 1. The molecule has 0 unspecified atom stereocenters. The monoisotopic (exact) mass is 393 g/mol. The van der Waals surface area contributed by atoms with Crippen LogP contribution >= 0.6 is 22.6 Å². The summed E-state index contributed by atoms with van der Waals surface area (Å²) in [5, 5.41) is 3.61. The summed E-state index contributed by atoms with van der Waals surface area (Å²) in [7, 11) is 0. The van der Waals surface area contributed by atoms with Crippen molar-refractivity contribution in [3.05, 3.63) is 69.3 Å². The van der Waals surface area contributed by atoms with Gasteiger partial charge in [0.1, 0.15) is 0 Å². The van der Waals surface area contributed by atoms with E-state index in [-0.39, 0.29) is 6.10 Å². The lowest BCUT2D eigenvalue weighted by molar-refractivity contribution is -0.00358. The Morgan fingerprint density at radius 1 is 1.10 bits per heavy atom. The van der Waals surface area contributed by atoms with Crippen molar-refractivity contribution in [2.75, 3.05) is 6.54 Å². The fraction of sp³-hybridized carbons (Fsp3) is 0.333. The van der Waals surface area contributed by atoms with Gasteiger partial charge in [0.25, 0.3) is 0 Å². The summed E-state index contributed by atoms with van der Waals surface area (Å²) in [6, 6.07) is 19.5. The maximum atomic E-state index is 6.23. The third kappa shape index (κ3) is 4.05. The highest BCUT2D eigenvalue weighted by Crippen LogP contribution is 2.27. The minimum absolute atomic E-state index is 0.249. The highest BCUT2D eigenvalue weighted by Gasteiger charge is 2.26. The first kappa shape index (κ1) is 15.0. The maximum absolute atomic E-state index is 6.23. The number of nitrogens with one attached hydrogen (secondary N) is 1. The molecule has 2 nitrogen and oxygen atoms in total. The average Bonchev–Trinajstić information content (AvgIpc) is 2.54. The van der Waals surface area contributed by atoms with Crippen molar-refractivity contribution in [3.8, 4) is 0 Å². The first-order valence-electron chi connectivity index (χ1n) is 7.47. The molecule has 1 aliphatic rings. The molecule has 0 aliphatic carbocycles. The van der Waals surface area contributed by atoms with Gasteiger partial charge in [-0.05, 0) is 65.2 Å². The molecular formula is C18H20INO. The second-order valence-electron chi connectivity index (χ2n) is 5.46. The molecule has 0 radical (unpaired) electrons. The van der Waals surface area contributed by atoms with E-state index in [1.807, 2.05) is 0 Å². The van der Waals surface area contributed by atoms with E-state index in [1.165, 1.54) is 21.1 Å². The molecule has 3 rings (SSSR count). The summed E-state index contributed by atoms with van der Waals surface area (Å²) in [6.45, 7) is 1.76. The zero-order valence-electron chi connectivity index (χ0n) is 12.0. The molecule has 2 aromatic rings. The molecular weight excluding hydrogens is 373 g/mol. The van der Waals surface area contributed by atoms with E-state index in [1.54, 1.807) is 0 Å². The van der Waals surface area contributed by atoms with Crippen molar-refractivity contribution in [1.29, 1.82) is 0 Å². The molecule has 1 saturated heterocycles. The van der Waals surface area contributed by atoms with Gasteiger partial charge in [0, 0.05) is 3.57 Å². The van der Waals surface area contributed by atoms with Crippen LogP contribution in [0.5, 0.6) is 0 Å². The summed E-state index contributed by atoms with van der Waals surface area (Å²) in [5.74, 6) is 0. The van der Waals surface area contributed by atoms with Crippen molar-refractivity contribution >= 4 is 22.6 Å². The molecule has 0 amide bonds. The van der Waals surface area contributed by atoms with Crippen LogP contribution in [0.2, 0.25) is 0 Å². The Kier molecular flexibility index (Phi) is 5.27. The number of rotatable bonds is 4. The van der Waals surface area contributed by atoms with Crippen LogP contribution in [0.25, 0.3) is 0 Å². The van der Waals surface area contributed by atoms with Gasteiger partial charge in [-0.1, -0.05) is 42.5 Å². The van der Waals surface area contributed by atoms with Crippen LogP contribution in [0.4, 0.5) is 0 Å². The summed E-state index contributed by atoms with van der Waals surface area (Å²) >= 11 is 2.35. The number of hydrogen-bond acceptors (Lipinski definition) is 2. The van der Waals surface area contributed by atoms with Crippen LogP contribution in [0.15, 0.2) is 54.6 Å². The number of hydrogen-bond donors (Lipinski definition) is 1. The van der Waals surface area contributed by atoms with Gasteiger partial charge in [-0.2, -0.15) is 0 Å². The molecule has 110 valence electrons. The van der Waals surface area contributed by atoms with Crippen LogP contribution in [-0.4, -0.2) is 12.6 Å². The molecule has 2 atom stereocenters. The fourth-order valence-electron chi connectivity index (χ4n) is 2.86. The van der Waals surface area contributed by atoms with Crippen LogP contribution in [0.3, 0.4) is 0 Å². The summed E-state index contributed by atoms with van der Waals surface area (Å²) < 4.78 is 7.48. The molecule has 1 aliphatic heterocycles. The van der Waals surface area contributed by atoms with Crippen molar-refractivity contribution in [2.45, 2.75) is 31.6 Å². The first-order valence-corrected chi connectivity index (χ1v) is 8.55. The molecule has 0 aromatic heterocycles. The third-order valence-electron chi connectivity index (χ3n) is 3.91. The lowest BCUT2D eigenvalue weighted by Gasteiger charge is -2.33. The van der Waals surface area contributed by atoms with E-state index < -0.39 is 0 Å². The van der Waals surface area contributed by atoms with Gasteiger partial charge < -0.3 is 10.1 Å². The zero-order chi connectivity index (χ0) is 14.5. The second-order valence-corrected chi connectivity index (χ2v) is 6.71. The second kappa shape index (κ2) is 7.38. The molecule has 21 heavy (non-hydrogen) atoms. The van der Waals surface area contributed by atoms with E-state index >= 15 is 0 Å². The minimum Gasteiger partial charge on any atom is -0.372 e. The van der Waals surface area contributed by atoms with Crippen molar-refractivity contribution in [3.63, 3.8) is 0 Å². The standard InChI is InChI=1S/C18H20INO/c19-16-9-4-6-14(12-16)13-21-17-10-5-11-20-18(17)15-7-2-1-3-8-15/h1-4,6-9,12,17-18,20H,5,10-11,13H2/t17-,18-/m0/s1. The molecule has 0 saturated carbocycles. The SMILES string of the molecule is Ic1cccc(CO[C@H]2CCCN[C@H]2c2ccccc2)c1. The van der Waals surface area contributed by atoms with Crippen molar-refractivity contribution < 1.29 is 4.74 Å².